The number of rotatable bonds is 6. The van der Waals surface area contributed by atoms with E-state index in [1.807, 2.05) is 0 Å². The first kappa shape index (κ1) is 9.79. The Morgan fingerprint density at radius 1 is 1.18 bits per heavy atom. The molecule has 0 saturated carbocycles. The Bertz CT molecular complexity index is 104. The molecule has 1 fully saturated rings. The summed E-state index contributed by atoms with van der Waals surface area (Å²) in [4.78, 5) is 0. The highest BCUT2D eigenvalue weighted by molar-refractivity contribution is 8.09. The van der Waals surface area contributed by atoms with Crippen molar-refractivity contribution in [2.24, 2.45) is 0 Å². The largest absolute Gasteiger partial charge is 0.161 e. The zero-order valence-corrected chi connectivity index (χ0v) is 9.14. The molecule has 0 radical (unpaired) electrons. The van der Waals surface area contributed by atoms with Crippen LogP contribution in [0.25, 0.3) is 0 Å². The van der Waals surface area contributed by atoms with E-state index in [1.54, 1.807) is 0 Å². The maximum absolute atomic E-state index is 2.29. The van der Waals surface area contributed by atoms with Crippen LogP contribution in [0.1, 0.15) is 33.1 Å². The van der Waals surface area contributed by atoms with E-state index in [0.717, 1.165) is 10.5 Å². The maximum Gasteiger partial charge on any atom is 0.0260 e. The maximum atomic E-state index is 2.29. The molecule has 0 amide bonds. The third-order valence-corrected chi connectivity index (χ3v) is 4.84. The predicted octanol–water partition coefficient (Wildman–Crippen LogP) is 3.41. The van der Waals surface area contributed by atoms with E-state index in [2.05, 4.69) is 37.4 Å². The summed E-state index contributed by atoms with van der Waals surface area (Å²) < 4.78 is 0. The smallest absolute Gasteiger partial charge is 0.0260 e. The molecule has 0 spiro atoms. The second-order valence-corrected chi connectivity index (χ2v) is 5.71. The fourth-order valence-electron chi connectivity index (χ4n) is 1.21. The van der Waals surface area contributed by atoms with Crippen LogP contribution >= 0.6 is 23.5 Å². The van der Waals surface area contributed by atoms with Crippen LogP contribution in [-0.2, 0) is 0 Å². The van der Waals surface area contributed by atoms with Gasteiger partial charge in [0, 0.05) is 16.3 Å². The van der Waals surface area contributed by atoms with E-state index in [1.165, 1.54) is 30.8 Å². The number of thioether (sulfide) groups is 2. The Kier molecular flexibility index (Phi) is 4.77. The predicted molar refractivity (Wildman–Crippen MR) is 57.7 cm³/mol. The van der Waals surface area contributed by atoms with Crippen LogP contribution in [-0.4, -0.2) is 22.0 Å². The Morgan fingerprint density at radius 3 is 2.64 bits per heavy atom. The molecule has 66 valence electrons. The Balaban J connectivity index is 1.87. The van der Waals surface area contributed by atoms with Gasteiger partial charge in [0.1, 0.15) is 0 Å². The second-order valence-electron chi connectivity index (χ2n) is 3.08. The summed E-state index contributed by atoms with van der Waals surface area (Å²) in [6.07, 6.45) is 4.15. The van der Waals surface area contributed by atoms with Crippen molar-refractivity contribution in [1.82, 2.24) is 0 Å². The van der Waals surface area contributed by atoms with Gasteiger partial charge in [-0.15, -0.1) is 0 Å². The molecule has 1 aliphatic rings. The highest BCUT2D eigenvalue weighted by Crippen LogP contribution is 2.45. The van der Waals surface area contributed by atoms with E-state index in [9.17, 15) is 0 Å². The zero-order chi connectivity index (χ0) is 8.10. The van der Waals surface area contributed by atoms with E-state index in [-0.39, 0.29) is 0 Å². The van der Waals surface area contributed by atoms with Gasteiger partial charge >= 0.3 is 0 Å². The molecule has 2 atom stereocenters. The highest BCUT2D eigenvalue weighted by Gasteiger charge is 2.36. The Hall–Kier alpha value is 0.700. The topological polar surface area (TPSA) is 0 Å². The summed E-state index contributed by atoms with van der Waals surface area (Å²) in [5.41, 5.74) is 0. The molecule has 0 nitrogen and oxygen atoms in total. The average Bonchev–Trinajstić information content (AvgIpc) is 2.70. The van der Waals surface area contributed by atoms with Crippen LogP contribution in [0.4, 0.5) is 0 Å². The molecule has 0 bridgehead atoms. The van der Waals surface area contributed by atoms with Crippen LogP contribution in [0.15, 0.2) is 0 Å². The molecule has 11 heavy (non-hydrogen) atoms. The summed E-state index contributed by atoms with van der Waals surface area (Å²) in [7, 11) is 0. The highest BCUT2D eigenvalue weighted by atomic mass is 32.2. The molecular formula is C9H18S2. The monoisotopic (exact) mass is 190 g/mol. The first-order chi connectivity index (χ1) is 5.38. The van der Waals surface area contributed by atoms with Crippen molar-refractivity contribution < 1.29 is 0 Å². The first-order valence-corrected chi connectivity index (χ1v) is 6.71. The number of hydrogen-bond acceptors (Lipinski definition) is 2. The quantitative estimate of drug-likeness (QED) is 0.465. The van der Waals surface area contributed by atoms with Crippen molar-refractivity contribution in [2.75, 3.05) is 11.5 Å². The normalized spacial score (nSPS) is 28.9. The van der Waals surface area contributed by atoms with Crippen LogP contribution in [0.3, 0.4) is 0 Å². The van der Waals surface area contributed by atoms with Crippen molar-refractivity contribution in [3.63, 3.8) is 0 Å². The summed E-state index contributed by atoms with van der Waals surface area (Å²) >= 11 is 4.32. The number of hydrogen-bond donors (Lipinski definition) is 0. The summed E-state index contributed by atoms with van der Waals surface area (Å²) in [5.74, 6) is 2.76. The first-order valence-electron chi connectivity index (χ1n) is 4.61. The van der Waals surface area contributed by atoms with Crippen molar-refractivity contribution in [1.29, 1.82) is 0 Å². The van der Waals surface area contributed by atoms with Crippen molar-refractivity contribution in [3.8, 4) is 0 Å². The minimum absolute atomic E-state index is 1.02. The SMILES string of the molecule is CCCSCC1SC1CCC. The van der Waals surface area contributed by atoms with Gasteiger partial charge in [0.15, 0.2) is 0 Å². The lowest BCUT2D eigenvalue weighted by molar-refractivity contribution is 0.790. The van der Waals surface area contributed by atoms with Gasteiger partial charge in [0.05, 0.1) is 0 Å². The standard InChI is InChI=1S/C9H18S2/c1-3-5-8-9(11-8)7-10-6-4-2/h8-9H,3-7H2,1-2H3. The van der Waals surface area contributed by atoms with Gasteiger partial charge in [-0.1, -0.05) is 20.3 Å². The van der Waals surface area contributed by atoms with Gasteiger partial charge in [-0.25, -0.2) is 0 Å². The molecule has 1 saturated heterocycles. The Morgan fingerprint density at radius 2 is 2.00 bits per heavy atom. The third-order valence-electron chi connectivity index (χ3n) is 1.89. The summed E-state index contributed by atoms with van der Waals surface area (Å²) in [6.45, 7) is 4.55. The minimum Gasteiger partial charge on any atom is -0.161 e. The van der Waals surface area contributed by atoms with Gasteiger partial charge in [0.25, 0.3) is 0 Å². The van der Waals surface area contributed by atoms with Crippen molar-refractivity contribution >= 4 is 23.5 Å². The van der Waals surface area contributed by atoms with E-state index < -0.39 is 0 Å². The summed E-state index contributed by atoms with van der Waals surface area (Å²) in [5, 5.41) is 2.05. The molecule has 2 heteroatoms. The molecule has 0 aromatic carbocycles. The molecule has 2 unspecified atom stereocenters. The fourth-order valence-corrected chi connectivity index (χ4v) is 3.82. The lowest BCUT2D eigenvalue weighted by atomic mass is 10.2. The van der Waals surface area contributed by atoms with Crippen LogP contribution in [0.2, 0.25) is 0 Å². The zero-order valence-electron chi connectivity index (χ0n) is 7.51. The molecular weight excluding hydrogens is 172 g/mol. The van der Waals surface area contributed by atoms with Crippen LogP contribution < -0.4 is 0 Å². The minimum atomic E-state index is 1.02. The van der Waals surface area contributed by atoms with Gasteiger partial charge in [-0.2, -0.15) is 23.5 Å². The molecule has 1 aliphatic heterocycles. The lowest BCUT2D eigenvalue weighted by Crippen LogP contribution is -1.96. The molecule has 0 aromatic rings. The van der Waals surface area contributed by atoms with Crippen molar-refractivity contribution in [3.05, 3.63) is 0 Å². The van der Waals surface area contributed by atoms with Gasteiger partial charge in [-0.05, 0) is 18.6 Å². The molecule has 0 aromatic heterocycles. The lowest BCUT2D eigenvalue weighted by Gasteiger charge is -1.95. The van der Waals surface area contributed by atoms with E-state index in [4.69, 9.17) is 0 Å². The average molecular weight is 190 g/mol. The van der Waals surface area contributed by atoms with E-state index in [0.29, 0.717) is 0 Å². The molecule has 1 heterocycles. The van der Waals surface area contributed by atoms with Gasteiger partial charge in [-0.3, -0.25) is 0 Å². The molecule has 0 aliphatic carbocycles. The summed E-state index contributed by atoms with van der Waals surface area (Å²) in [6, 6.07) is 0. The van der Waals surface area contributed by atoms with Crippen molar-refractivity contribution in [2.45, 2.75) is 43.6 Å². The van der Waals surface area contributed by atoms with Gasteiger partial charge < -0.3 is 0 Å². The fraction of sp³-hybridized carbons (Fsp3) is 1.00. The van der Waals surface area contributed by atoms with Crippen LogP contribution in [0.5, 0.6) is 0 Å². The Labute approximate surface area is 78.9 Å². The van der Waals surface area contributed by atoms with E-state index >= 15 is 0 Å². The van der Waals surface area contributed by atoms with Gasteiger partial charge in [0.2, 0.25) is 0 Å². The second kappa shape index (κ2) is 5.36. The molecule has 1 rings (SSSR count). The van der Waals surface area contributed by atoms with Crippen LogP contribution in [0, 0.1) is 0 Å². The third kappa shape index (κ3) is 3.75. The molecule has 0 N–H and O–H groups in total.